The van der Waals surface area contributed by atoms with Gasteiger partial charge in [-0.15, -0.1) is 11.8 Å². The zero-order valence-corrected chi connectivity index (χ0v) is 10.2. The van der Waals surface area contributed by atoms with Gasteiger partial charge in [-0.05, 0) is 36.9 Å². The molecule has 1 aromatic rings. The predicted molar refractivity (Wildman–Crippen MR) is 66.8 cm³/mol. The van der Waals surface area contributed by atoms with Gasteiger partial charge in [-0.25, -0.2) is 0 Å². The zero-order valence-electron chi connectivity index (χ0n) is 9.40. The quantitative estimate of drug-likeness (QED) is 0.566. The minimum atomic E-state index is -0.730. The average molecular weight is 239 g/mol. The molecule has 16 heavy (non-hydrogen) atoms. The second kappa shape index (κ2) is 7.30. The Hall–Kier alpha value is -1.00. The SMILES string of the molecule is CSc1ccc(CNCCCC(=O)O)cc1. The van der Waals surface area contributed by atoms with Crippen LogP contribution in [0.2, 0.25) is 0 Å². The predicted octanol–water partition coefficient (Wildman–Crippen LogP) is 2.36. The van der Waals surface area contributed by atoms with Crippen LogP contribution in [-0.2, 0) is 11.3 Å². The number of carboxylic acids is 1. The summed E-state index contributed by atoms with van der Waals surface area (Å²) in [5.41, 5.74) is 1.23. The molecule has 0 saturated heterocycles. The van der Waals surface area contributed by atoms with Gasteiger partial charge >= 0.3 is 5.97 Å². The monoisotopic (exact) mass is 239 g/mol. The molecule has 3 nitrogen and oxygen atoms in total. The molecule has 0 saturated carbocycles. The van der Waals surface area contributed by atoms with E-state index in [4.69, 9.17) is 5.11 Å². The summed E-state index contributed by atoms with van der Waals surface area (Å²) in [6.45, 7) is 1.55. The fourth-order valence-electron chi connectivity index (χ4n) is 1.34. The Labute approximate surface area is 100 Å². The maximum absolute atomic E-state index is 10.3. The Morgan fingerprint density at radius 2 is 2.06 bits per heavy atom. The van der Waals surface area contributed by atoms with Crippen LogP contribution < -0.4 is 5.32 Å². The molecule has 0 aliphatic rings. The summed E-state index contributed by atoms with van der Waals surface area (Å²) < 4.78 is 0. The van der Waals surface area contributed by atoms with Crippen molar-refractivity contribution in [3.05, 3.63) is 29.8 Å². The molecule has 0 amide bonds. The highest BCUT2D eigenvalue weighted by molar-refractivity contribution is 7.98. The lowest BCUT2D eigenvalue weighted by Gasteiger charge is -2.04. The minimum Gasteiger partial charge on any atom is -0.481 e. The first-order valence-electron chi connectivity index (χ1n) is 5.28. The third kappa shape index (κ3) is 5.19. The Morgan fingerprint density at radius 3 is 2.62 bits per heavy atom. The van der Waals surface area contributed by atoms with E-state index in [1.807, 2.05) is 0 Å². The molecule has 2 N–H and O–H groups in total. The number of hydrogen-bond acceptors (Lipinski definition) is 3. The average Bonchev–Trinajstić information content (AvgIpc) is 2.29. The molecule has 0 aliphatic carbocycles. The van der Waals surface area contributed by atoms with E-state index in [0.717, 1.165) is 13.1 Å². The Kier molecular flexibility index (Phi) is 5.96. The summed E-state index contributed by atoms with van der Waals surface area (Å²) in [6.07, 6.45) is 2.97. The van der Waals surface area contributed by atoms with E-state index in [0.29, 0.717) is 6.42 Å². The Bertz CT molecular complexity index is 324. The number of carboxylic acid groups (broad SMARTS) is 1. The van der Waals surface area contributed by atoms with E-state index in [1.54, 1.807) is 11.8 Å². The van der Waals surface area contributed by atoms with Crippen molar-refractivity contribution in [2.24, 2.45) is 0 Å². The Balaban J connectivity index is 2.19. The second-order valence-corrected chi connectivity index (χ2v) is 4.40. The maximum Gasteiger partial charge on any atom is 0.303 e. The molecule has 1 rings (SSSR count). The summed E-state index contributed by atoms with van der Waals surface area (Å²) in [6, 6.07) is 8.38. The first kappa shape index (κ1) is 13.1. The smallest absolute Gasteiger partial charge is 0.303 e. The van der Waals surface area contributed by atoms with Crippen molar-refractivity contribution in [1.82, 2.24) is 5.32 Å². The number of thioether (sulfide) groups is 1. The fourth-order valence-corrected chi connectivity index (χ4v) is 1.75. The lowest BCUT2D eigenvalue weighted by Crippen LogP contribution is -2.15. The van der Waals surface area contributed by atoms with Gasteiger partial charge < -0.3 is 10.4 Å². The largest absolute Gasteiger partial charge is 0.481 e. The van der Waals surface area contributed by atoms with Gasteiger partial charge in [-0.3, -0.25) is 4.79 Å². The van der Waals surface area contributed by atoms with Gasteiger partial charge in [0.15, 0.2) is 0 Å². The molecule has 88 valence electrons. The normalized spacial score (nSPS) is 10.3. The molecule has 0 fully saturated rings. The topological polar surface area (TPSA) is 49.3 Å². The molecule has 0 bridgehead atoms. The van der Waals surface area contributed by atoms with Crippen LogP contribution in [0.25, 0.3) is 0 Å². The van der Waals surface area contributed by atoms with Crippen molar-refractivity contribution >= 4 is 17.7 Å². The molecule has 0 radical (unpaired) electrons. The van der Waals surface area contributed by atoms with Crippen LogP contribution in [0.5, 0.6) is 0 Å². The van der Waals surface area contributed by atoms with Crippen LogP contribution >= 0.6 is 11.8 Å². The van der Waals surface area contributed by atoms with Crippen molar-refractivity contribution in [3.63, 3.8) is 0 Å². The molecule has 0 heterocycles. The van der Waals surface area contributed by atoms with Crippen molar-refractivity contribution in [3.8, 4) is 0 Å². The standard InChI is InChI=1S/C12H17NO2S/c1-16-11-6-4-10(5-7-11)9-13-8-2-3-12(14)15/h4-7,13H,2-3,8-9H2,1H3,(H,14,15). The van der Waals surface area contributed by atoms with Crippen LogP contribution in [-0.4, -0.2) is 23.9 Å². The minimum absolute atomic E-state index is 0.235. The van der Waals surface area contributed by atoms with Crippen molar-refractivity contribution < 1.29 is 9.90 Å². The van der Waals surface area contributed by atoms with Gasteiger partial charge in [-0.1, -0.05) is 12.1 Å². The molecule has 1 aromatic carbocycles. The van der Waals surface area contributed by atoms with Gasteiger partial charge in [0.05, 0.1) is 0 Å². The van der Waals surface area contributed by atoms with Gasteiger partial charge in [0.25, 0.3) is 0 Å². The van der Waals surface area contributed by atoms with Crippen LogP contribution in [0, 0.1) is 0 Å². The van der Waals surface area contributed by atoms with Gasteiger partial charge in [0.2, 0.25) is 0 Å². The maximum atomic E-state index is 10.3. The van der Waals surface area contributed by atoms with Gasteiger partial charge in [-0.2, -0.15) is 0 Å². The number of aliphatic carboxylic acids is 1. The zero-order chi connectivity index (χ0) is 11.8. The van der Waals surface area contributed by atoms with E-state index in [-0.39, 0.29) is 6.42 Å². The molecule has 0 atom stereocenters. The van der Waals surface area contributed by atoms with Crippen LogP contribution in [0.1, 0.15) is 18.4 Å². The Morgan fingerprint density at radius 1 is 1.38 bits per heavy atom. The number of carbonyl (C=O) groups is 1. The molecule has 0 unspecified atom stereocenters. The molecule has 0 spiro atoms. The molecule has 4 heteroatoms. The van der Waals surface area contributed by atoms with E-state index >= 15 is 0 Å². The summed E-state index contributed by atoms with van der Waals surface area (Å²) in [5.74, 6) is -0.730. The van der Waals surface area contributed by atoms with Gasteiger partial charge in [0, 0.05) is 17.9 Å². The van der Waals surface area contributed by atoms with Crippen LogP contribution in [0.3, 0.4) is 0 Å². The summed E-state index contributed by atoms with van der Waals surface area (Å²) in [5, 5.41) is 11.7. The highest BCUT2D eigenvalue weighted by atomic mass is 32.2. The molecular formula is C12H17NO2S. The molecular weight excluding hydrogens is 222 g/mol. The van der Waals surface area contributed by atoms with E-state index in [2.05, 4.69) is 35.8 Å². The third-order valence-corrected chi connectivity index (χ3v) is 2.98. The summed E-state index contributed by atoms with van der Waals surface area (Å²) in [7, 11) is 0. The first-order valence-corrected chi connectivity index (χ1v) is 6.50. The molecule has 0 aliphatic heterocycles. The van der Waals surface area contributed by atoms with Gasteiger partial charge in [0.1, 0.15) is 0 Å². The third-order valence-electron chi connectivity index (χ3n) is 2.23. The fraction of sp³-hybridized carbons (Fsp3) is 0.417. The lowest BCUT2D eigenvalue weighted by atomic mass is 10.2. The van der Waals surface area contributed by atoms with Crippen molar-refractivity contribution in [1.29, 1.82) is 0 Å². The number of hydrogen-bond donors (Lipinski definition) is 2. The first-order chi connectivity index (χ1) is 7.72. The number of rotatable bonds is 7. The van der Waals surface area contributed by atoms with E-state index < -0.39 is 5.97 Å². The number of benzene rings is 1. The summed E-state index contributed by atoms with van der Waals surface area (Å²) >= 11 is 1.73. The van der Waals surface area contributed by atoms with Crippen molar-refractivity contribution in [2.45, 2.75) is 24.3 Å². The highest BCUT2D eigenvalue weighted by Crippen LogP contribution is 2.14. The van der Waals surface area contributed by atoms with E-state index in [1.165, 1.54) is 10.5 Å². The van der Waals surface area contributed by atoms with Crippen molar-refractivity contribution in [2.75, 3.05) is 12.8 Å². The second-order valence-electron chi connectivity index (χ2n) is 3.52. The number of nitrogens with one attached hydrogen (secondary N) is 1. The van der Waals surface area contributed by atoms with Crippen LogP contribution in [0.15, 0.2) is 29.2 Å². The molecule has 0 aromatic heterocycles. The highest BCUT2D eigenvalue weighted by Gasteiger charge is 1.96. The lowest BCUT2D eigenvalue weighted by molar-refractivity contribution is -0.137. The summed E-state index contributed by atoms with van der Waals surface area (Å²) in [4.78, 5) is 11.5. The van der Waals surface area contributed by atoms with E-state index in [9.17, 15) is 4.79 Å². The van der Waals surface area contributed by atoms with Crippen LogP contribution in [0.4, 0.5) is 0 Å².